The molecule has 2 rings (SSSR count). The van der Waals surface area contributed by atoms with Crippen molar-refractivity contribution in [2.45, 2.75) is 45.1 Å². The van der Waals surface area contributed by atoms with Crippen molar-refractivity contribution in [3.8, 4) is 0 Å². The van der Waals surface area contributed by atoms with E-state index in [1.165, 1.54) is 23.5 Å². The minimum absolute atomic E-state index is 0.271. The van der Waals surface area contributed by atoms with Gasteiger partial charge in [0.05, 0.1) is 17.7 Å². The molecule has 0 fully saturated rings. The molecule has 2 aromatic carbocycles. The van der Waals surface area contributed by atoms with E-state index in [1.807, 2.05) is 19.1 Å². The number of benzene rings is 2. The van der Waals surface area contributed by atoms with E-state index in [2.05, 4.69) is 40.7 Å². The van der Waals surface area contributed by atoms with E-state index in [4.69, 9.17) is 4.74 Å². The first kappa shape index (κ1) is 28.8. The SMILES string of the molecule is C=CN=C/C(=C\C(C)NS(=O)(=O)c1ccccc1C)OCC.Cc1ccccc1CCNC=O. The van der Waals surface area contributed by atoms with Gasteiger partial charge in [-0.2, -0.15) is 0 Å². The largest absolute Gasteiger partial charge is 0.493 e. The first-order chi connectivity index (χ1) is 16.2. The van der Waals surface area contributed by atoms with Crippen molar-refractivity contribution in [3.05, 3.63) is 89.8 Å². The molecule has 7 nitrogen and oxygen atoms in total. The van der Waals surface area contributed by atoms with Crippen LogP contribution in [0.5, 0.6) is 0 Å². The Kier molecular flexibility index (Phi) is 13.2. The molecule has 0 radical (unpaired) electrons. The van der Waals surface area contributed by atoms with Gasteiger partial charge >= 0.3 is 0 Å². The minimum atomic E-state index is -3.59. The van der Waals surface area contributed by atoms with Gasteiger partial charge in [-0.25, -0.2) is 13.1 Å². The monoisotopic (exact) mass is 485 g/mol. The minimum Gasteiger partial charge on any atom is -0.493 e. The third-order valence-electron chi connectivity index (χ3n) is 4.64. The molecule has 184 valence electrons. The van der Waals surface area contributed by atoms with Gasteiger partial charge < -0.3 is 10.1 Å². The summed E-state index contributed by atoms with van der Waals surface area (Å²) in [6.45, 7) is 12.1. The number of allylic oxidation sites excluding steroid dienone is 1. The second-order valence-corrected chi connectivity index (χ2v) is 9.07. The highest BCUT2D eigenvalue weighted by Crippen LogP contribution is 2.14. The van der Waals surface area contributed by atoms with Gasteiger partial charge in [0.1, 0.15) is 5.76 Å². The van der Waals surface area contributed by atoms with Crippen LogP contribution in [-0.4, -0.2) is 40.2 Å². The highest BCUT2D eigenvalue weighted by atomic mass is 32.2. The van der Waals surface area contributed by atoms with Crippen molar-refractivity contribution in [2.75, 3.05) is 13.2 Å². The number of sulfonamides is 1. The molecule has 0 aliphatic rings. The number of carbonyl (C=O) groups excluding carboxylic acids is 1. The molecule has 0 saturated carbocycles. The van der Waals surface area contributed by atoms with Crippen LogP contribution in [0.3, 0.4) is 0 Å². The lowest BCUT2D eigenvalue weighted by Gasteiger charge is -2.13. The molecule has 34 heavy (non-hydrogen) atoms. The molecule has 0 spiro atoms. The molecule has 0 aliphatic carbocycles. The summed E-state index contributed by atoms with van der Waals surface area (Å²) in [6.07, 6.45) is 6.18. The van der Waals surface area contributed by atoms with Crippen molar-refractivity contribution >= 4 is 22.6 Å². The summed E-state index contributed by atoms with van der Waals surface area (Å²) >= 11 is 0. The topological polar surface area (TPSA) is 96.9 Å². The summed E-state index contributed by atoms with van der Waals surface area (Å²) in [5, 5.41) is 2.64. The fourth-order valence-corrected chi connectivity index (χ4v) is 4.46. The van der Waals surface area contributed by atoms with Gasteiger partial charge in [0.2, 0.25) is 16.4 Å². The van der Waals surface area contributed by atoms with E-state index in [0.717, 1.165) is 12.8 Å². The van der Waals surface area contributed by atoms with E-state index >= 15 is 0 Å². The third-order valence-corrected chi connectivity index (χ3v) is 6.36. The zero-order valence-electron chi connectivity index (χ0n) is 20.3. The normalized spacial score (nSPS) is 12.4. The van der Waals surface area contributed by atoms with Crippen LogP contribution >= 0.6 is 0 Å². The number of aliphatic imine (C=N–C) groups is 1. The summed E-state index contributed by atoms with van der Waals surface area (Å²) in [6, 6.07) is 14.6. The Bertz CT molecular complexity index is 1080. The molecule has 0 saturated heterocycles. The predicted octanol–water partition coefficient (Wildman–Crippen LogP) is 4.08. The van der Waals surface area contributed by atoms with Gasteiger partial charge in [0, 0.05) is 18.8 Å². The zero-order valence-corrected chi connectivity index (χ0v) is 21.1. The maximum atomic E-state index is 12.4. The van der Waals surface area contributed by atoms with Crippen molar-refractivity contribution in [1.82, 2.24) is 10.0 Å². The van der Waals surface area contributed by atoms with Gasteiger partial charge in [-0.1, -0.05) is 49.0 Å². The molecule has 0 heterocycles. The van der Waals surface area contributed by atoms with Crippen LogP contribution in [-0.2, 0) is 26.0 Å². The molecule has 2 aromatic rings. The smallest absolute Gasteiger partial charge is 0.241 e. The molecule has 1 amide bonds. The van der Waals surface area contributed by atoms with Crippen LogP contribution in [0, 0.1) is 13.8 Å². The molecule has 2 N–H and O–H groups in total. The van der Waals surface area contributed by atoms with E-state index in [9.17, 15) is 13.2 Å². The lowest BCUT2D eigenvalue weighted by Crippen LogP contribution is -2.32. The number of hydrogen-bond donors (Lipinski definition) is 2. The number of amides is 1. The molecule has 1 atom stereocenters. The summed E-state index contributed by atoms with van der Waals surface area (Å²) < 4.78 is 32.8. The Morgan fingerprint density at radius 1 is 1.12 bits per heavy atom. The Morgan fingerprint density at radius 3 is 2.35 bits per heavy atom. The molecule has 0 bridgehead atoms. The molecular weight excluding hydrogens is 450 g/mol. The van der Waals surface area contributed by atoms with Crippen LogP contribution in [0.15, 0.2) is 83.0 Å². The van der Waals surface area contributed by atoms with Gasteiger partial charge in [-0.15, -0.1) is 0 Å². The van der Waals surface area contributed by atoms with Crippen molar-refractivity contribution in [1.29, 1.82) is 0 Å². The second-order valence-electron chi connectivity index (χ2n) is 7.39. The summed E-state index contributed by atoms with van der Waals surface area (Å²) in [4.78, 5) is 14.1. The Morgan fingerprint density at radius 2 is 1.76 bits per heavy atom. The van der Waals surface area contributed by atoms with Gasteiger partial charge in [0.25, 0.3) is 0 Å². The van der Waals surface area contributed by atoms with E-state index < -0.39 is 16.1 Å². The number of rotatable bonds is 12. The third kappa shape index (κ3) is 10.6. The first-order valence-corrected chi connectivity index (χ1v) is 12.5. The highest BCUT2D eigenvalue weighted by Gasteiger charge is 2.18. The zero-order chi connectivity index (χ0) is 25.4. The highest BCUT2D eigenvalue weighted by molar-refractivity contribution is 7.89. The maximum Gasteiger partial charge on any atom is 0.241 e. The molecular formula is C26H35N3O4S. The number of hydrogen-bond acceptors (Lipinski definition) is 5. The van der Waals surface area contributed by atoms with E-state index in [-0.39, 0.29) is 4.90 Å². The standard InChI is InChI=1S/C16H22N2O3S.C10H13NO/c1-5-17-12-15(21-6-2)11-14(4)18-22(19,20)16-10-8-7-9-13(16)3;1-9-4-2-3-5-10(9)6-7-11-8-12/h5,7-12,14,18H,1,6H2,2-4H3;2-5,8H,6-7H2,1H3,(H,11,12)/b15-11+,17-12?;. The number of nitrogens with one attached hydrogen (secondary N) is 2. The van der Waals surface area contributed by atoms with Crippen molar-refractivity contribution < 1.29 is 17.9 Å². The first-order valence-electron chi connectivity index (χ1n) is 11.0. The number of nitrogens with zero attached hydrogens (tertiary/aromatic N) is 1. The van der Waals surface area contributed by atoms with Crippen LogP contribution in [0.2, 0.25) is 0 Å². The van der Waals surface area contributed by atoms with E-state index in [1.54, 1.807) is 44.2 Å². The number of carbonyl (C=O) groups is 1. The molecule has 8 heteroatoms. The maximum absolute atomic E-state index is 12.4. The van der Waals surface area contributed by atoms with Gasteiger partial charge in [-0.3, -0.25) is 9.79 Å². The van der Waals surface area contributed by atoms with E-state index in [0.29, 0.717) is 24.5 Å². The molecule has 1 unspecified atom stereocenters. The summed E-state index contributed by atoms with van der Waals surface area (Å²) in [5.74, 6) is 0.488. The second kappa shape index (κ2) is 15.6. The Hall–Kier alpha value is -3.23. The lowest BCUT2D eigenvalue weighted by atomic mass is 10.1. The Labute approximate surface area is 203 Å². The Balaban J connectivity index is 0.000000404. The molecule has 0 aromatic heterocycles. The number of aryl methyl sites for hydroxylation is 2. The fourth-order valence-electron chi connectivity index (χ4n) is 3.02. The van der Waals surface area contributed by atoms with Crippen molar-refractivity contribution in [2.24, 2.45) is 4.99 Å². The average Bonchev–Trinajstić information content (AvgIpc) is 2.79. The van der Waals surface area contributed by atoms with Gasteiger partial charge in [-0.05, 0) is 62.9 Å². The fraction of sp³-hybridized carbons (Fsp3) is 0.308. The molecule has 0 aliphatic heterocycles. The summed E-state index contributed by atoms with van der Waals surface area (Å²) in [5.41, 5.74) is 3.28. The van der Waals surface area contributed by atoms with Crippen LogP contribution in [0.1, 0.15) is 30.5 Å². The quantitative estimate of drug-likeness (QED) is 0.205. The van der Waals surface area contributed by atoms with Crippen molar-refractivity contribution in [3.63, 3.8) is 0 Å². The lowest BCUT2D eigenvalue weighted by molar-refractivity contribution is -0.109. The predicted molar refractivity (Wildman–Crippen MR) is 138 cm³/mol. The van der Waals surface area contributed by atoms with Gasteiger partial charge in [0.15, 0.2) is 0 Å². The van der Waals surface area contributed by atoms with Crippen LogP contribution in [0.25, 0.3) is 0 Å². The van der Waals surface area contributed by atoms with Crippen LogP contribution in [0.4, 0.5) is 0 Å². The average molecular weight is 486 g/mol. The summed E-state index contributed by atoms with van der Waals surface area (Å²) in [7, 11) is -3.59. The van der Waals surface area contributed by atoms with Crippen LogP contribution < -0.4 is 10.0 Å². The number of ether oxygens (including phenoxy) is 1.